The van der Waals surface area contributed by atoms with Gasteiger partial charge in [0.2, 0.25) is 12.0 Å². The smallest absolute Gasteiger partial charge is 0.243 e. The highest BCUT2D eigenvalue weighted by atomic mass is 16.7. The third kappa shape index (κ3) is 4.80. The fourth-order valence-corrected chi connectivity index (χ4v) is 3.92. The van der Waals surface area contributed by atoms with Gasteiger partial charge in [-0.3, -0.25) is 0 Å². The first kappa shape index (κ1) is 22.6. The fourth-order valence-electron chi connectivity index (χ4n) is 3.92. The lowest BCUT2D eigenvalue weighted by Crippen LogP contribution is -2.31. The van der Waals surface area contributed by atoms with Crippen LogP contribution in [0.15, 0.2) is 36.4 Å². The summed E-state index contributed by atoms with van der Waals surface area (Å²) in [4.78, 5) is 0. The van der Waals surface area contributed by atoms with E-state index in [2.05, 4.69) is 6.07 Å². The largest absolute Gasteiger partial charge is 0.493 e. The molecular formula is C24H30N2O5. The topological polar surface area (TPSA) is 96.0 Å². The van der Waals surface area contributed by atoms with Crippen molar-refractivity contribution in [3.63, 3.8) is 0 Å². The molecule has 0 saturated carbocycles. The van der Waals surface area contributed by atoms with Gasteiger partial charge in [0, 0.05) is 18.0 Å². The van der Waals surface area contributed by atoms with Gasteiger partial charge in [-0.25, -0.2) is 0 Å². The molecular weight excluding hydrogens is 396 g/mol. The quantitative estimate of drug-likeness (QED) is 0.609. The number of hydrogen-bond donors (Lipinski definition) is 1. The molecule has 166 valence electrons. The second kappa shape index (κ2) is 9.80. The number of fused-ring (bicyclic) bond motifs is 1. The number of nitriles is 1. The van der Waals surface area contributed by atoms with E-state index in [0.29, 0.717) is 30.1 Å². The molecule has 2 aromatic rings. The van der Waals surface area contributed by atoms with E-state index < -0.39 is 5.41 Å². The van der Waals surface area contributed by atoms with Crippen LogP contribution in [0.25, 0.3) is 0 Å². The fraction of sp³-hybridized carbons (Fsp3) is 0.458. The van der Waals surface area contributed by atoms with Crippen molar-refractivity contribution >= 4 is 0 Å². The highest BCUT2D eigenvalue weighted by molar-refractivity contribution is 5.59. The molecule has 0 radical (unpaired) electrons. The van der Waals surface area contributed by atoms with E-state index in [4.69, 9.17) is 29.4 Å². The maximum absolute atomic E-state index is 10.00. The molecule has 3 rings (SSSR count). The van der Waals surface area contributed by atoms with Crippen LogP contribution in [0.4, 0.5) is 0 Å². The predicted octanol–water partition coefficient (Wildman–Crippen LogP) is 4.18. The van der Waals surface area contributed by atoms with E-state index >= 15 is 0 Å². The number of rotatable bonds is 10. The van der Waals surface area contributed by atoms with Gasteiger partial charge in [-0.05, 0) is 50.5 Å². The predicted molar refractivity (Wildman–Crippen MR) is 117 cm³/mol. The van der Waals surface area contributed by atoms with E-state index in [0.717, 1.165) is 29.9 Å². The van der Waals surface area contributed by atoms with Crippen molar-refractivity contribution in [3.05, 3.63) is 42.0 Å². The number of para-hydroxylation sites is 2. The molecule has 7 heteroatoms. The Hall–Kier alpha value is -3.11. The lowest BCUT2D eigenvalue weighted by molar-refractivity contribution is 0.0350. The summed E-state index contributed by atoms with van der Waals surface area (Å²) < 4.78 is 28.0. The number of hydrogen-bond acceptors (Lipinski definition) is 7. The lowest BCUT2D eigenvalue weighted by Gasteiger charge is -2.26. The molecule has 0 saturated heterocycles. The average molecular weight is 427 g/mol. The van der Waals surface area contributed by atoms with Gasteiger partial charge in [-0.15, -0.1) is 0 Å². The molecule has 0 bridgehead atoms. The van der Waals surface area contributed by atoms with Gasteiger partial charge in [-0.2, -0.15) is 5.26 Å². The second-order valence-electron chi connectivity index (χ2n) is 7.83. The number of methoxy groups -OCH3 is 3. The molecule has 1 aliphatic heterocycles. The summed E-state index contributed by atoms with van der Waals surface area (Å²) >= 11 is 0. The number of nitrogens with two attached hydrogens (primary N) is 1. The van der Waals surface area contributed by atoms with Crippen LogP contribution >= 0.6 is 0 Å². The Morgan fingerprint density at radius 2 is 1.68 bits per heavy atom. The summed E-state index contributed by atoms with van der Waals surface area (Å²) in [5.74, 6) is 3.05. The lowest BCUT2D eigenvalue weighted by atomic mass is 9.78. The number of ether oxygens (including phenoxy) is 5. The zero-order valence-electron chi connectivity index (χ0n) is 18.5. The molecule has 0 fully saturated rings. The summed E-state index contributed by atoms with van der Waals surface area (Å²) in [6.45, 7) is 1.90. The van der Waals surface area contributed by atoms with Crippen LogP contribution in [0.3, 0.4) is 0 Å². The average Bonchev–Trinajstić information content (AvgIpc) is 3.19. The van der Waals surface area contributed by atoms with Crippen LogP contribution in [-0.4, -0.2) is 33.7 Å². The van der Waals surface area contributed by atoms with Gasteiger partial charge in [0.1, 0.15) is 0 Å². The number of nitrogens with zero attached hydrogens (tertiary/aromatic N) is 1. The van der Waals surface area contributed by atoms with Crippen LogP contribution in [0.2, 0.25) is 0 Å². The molecule has 0 aliphatic carbocycles. The highest BCUT2D eigenvalue weighted by Gasteiger charge is 2.33. The van der Waals surface area contributed by atoms with E-state index in [-0.39, 0.29) is 12.3 Å². The Balaban J connectivity index is 1.62. The van der Waals surface area contributed by atoms with E-state index in [1.165, 1.54) is 0 Å². The standard InChI is InChI=1S/C24H30N2O5/c1-24(15-25,17-11-12-20(27-2)23(29-4)22(17)28-3)13-7-8-16(26)14-21-30-18-9-5-6-10-19(18)31-21/h5-6,9-12,16,21H,7-8,13-14,26H2,1-4H3. The maximum Gasteiger partial charge on any atom is 0.243 e. The van der Waals surface area contributed by atoms with Crippen LogP contribution in [-0.2, 0) is 5.41 Å². The molecule has 2 N–H and O–H groups in total. The van der Waals surface area contributed by atoms with Gasteiger partial charge >= 0.3 is 0 Å². The molecule has 2 atom stereocenters. The first-order valence-electron chi connectivity index (χ1n) is 10.3. The Bertz CT molecular complexity index is 917. The summed E-state index contributed by atoms with van der Waals surface area (Å²) in [5, 5.41) is 10.00. The van der Waals surface area contributed by atoms with Crippen LogP contribution < -0.4 is 29.4 Å². The zero-order valence-corrected chi connectivity index (χ0v) is 18.5. The molecule has 0 aromatic heterocycles. The van der Waals surface area contributed by atoms with Gasteiger partial charge in [0.25, 0.3) is 0 Å². The normalized spacial score (nSPS) is 15.6. The van der Waals surface area contributed by atoms with Crippen molar-refractivity contribution < 1.29 is 23.7 Å². The minimum Gasteiger partial charge on any atom is -0.493 e. The van der Waals surface area contributed by atoms with Crippen molar-refractivity contribution in [3.8, 4) is 34.8 Å². The SMILES string of the molecule is COc1ccc(C(C)(C#N)CCCC(N)CC2Oc3ccccc3O2)c(OC)c1OC. The molecule has 1 aliphatic rings. The summed E-state index contributed by atoms with van der Waals surface area (Å²) in [7, 11) is 4.69. The van der Waals surface area contributed by atoms with Crippen LogP contribution in [0.5, 0.6) is 28.7 Å². The van der Waals surface area contributed by atoms with E-state index in [9.17, 15) is 5.26 Å². The minimum atomic E-state index is -0.763. The zero-order chi connectivity index (χ0) is 22.4. The molecule has 2 aromatic carbocycles. The maximum atomic E-state index is 10.00. The Morgan fingerprint density at radius 1 is 1.03 bits per heavy atom. The van der Waals surface area contributed by atoms with Crippen molar-refractivity contribution in [2.24, 2.45) is 5.73 Å². The van der Waals surface area contributed by atoms with Gasteiger partial charge in [0.05, 0.1) is 32.8 Å². The van der Waals surface area contributed by atoms with Crippen molar-refractivity contribution in [1.29, 1.82) is 5.26 Å². The molecule has 2 unspecified atom stereocenters. The molecule has 31 heavy (non-hydrogen) atoms. The first-order valence-corrected chi connectivity index (χ1v) is 10.3. The molecule has 0 spiro atoms. The highest BCUT2D eigenvalue weighted by Crippen LogP contribution is 2.45. The minimum absolute atomic E-state index is 0.102. The van der Waals surface area contributed by atoms with Crippen molar-refractivity contribution in [2.45, 2.75) is 50.4 Å². The Morgan fingerprint density at radius 3 is 2.23 bits per heavy atom. The summed E-state index contributed by atoms with van der Waals surface area (Å²) in [6, 6.07) is 13.6. The third-order valence-corrected chi connectivity index (χ3v) is 5.66. The molecule has 7 nitrogen and oxygen atoms in total. The monoisotopic (exact) mass is 426 g/mol. The summed E-state index contributed by atoms with van der Waals surface area (Å²) in [5.41, 5.74) is 6.34. The van der Waals surface area contributed by atoms with E-state index in [1.807, 2.05) is 37.3 Å². The molecule has 0 amide bonds. The Kier molecular flexibility index (Phi) is 7.13. The van der Waals surface area contributed by atoms with Gasteiger partial charge in [0.15, 0.2) is 23.0 Å². The third-order valence-electron chi connectivity index (χ3n) is 5.66. The number of benzene rings is 2. The first-order chi connectivity index (χ1) is 15.0. The Labute approximate surface area is 183 Å². The van der Waals surface area contributed by atoms with Crippen molar-refractivity contribution in [2.75, 3.05) is 21.3 Å². The van der Waals surface area contributed by atoms with Gasteiger partial charge < -0.3 is 29.4 Å². The second-order valence-corrected chi connectivity index (χ2v) is 7.83. The van der Waals surface area contributed by atoms with Crippen LogP contribution in [0, 0.1) is 11.3 Å². The van der Waals surface area contributed by atoms with E-state index in [1.54, 1.807) is 27.4 Å². The summed E-state index contributed by atoms with van der Waals surface area (Å²) in [6.07, 6.45) is 2.34. The van der Waals surface area contributed by atoms with Gasteiger partial charge in [-0.1, -0.05) is 12.1 Å². The molecule has 1 heterocycles. The van der Waals surface area contributed by atoms with Crippen molar-refractivity contribution in [1.82, 2.24) is 0 Å². The van der Waals surface area contributed by atoms with Crippen LogP contribution in [0.1, 0.15) is 38.2 Å².